The third-order valence-corrected chi connectivity index (χ3v) is 9.74. The van der Waals surface area contributed by atoms with Crippen LogP contribution in [0.4, 0.5) is 17.1 Å². The molecule has 0 fully saturated rings. The number of hydrogen-bond donors (Lipinski definition) is 0. The Morgan fingerprint density at radius 1 is 0.529 bits per heavy atom. The third-order valence-electron chi connectivity index (χ3n) is 9.74. The smallest absolute Gasteiger partial charge is 0.145 e. The summed E-state index contributed by atoms with van der Waals surface area (Å²) < 4.78 is 2.26. The minimum atomic E-state index is 0.627. The molecule has 0 N–H and O–H groups in total. The number of fused-ring (bicyclic) bond motifs is 6. The lowest BCUT2D eigenvalue weighted by atomic mass is 9.97. The molecule has 4 nitrogen and oxygen atoms in total. The molecule has 9 rings (SSSR count). The highest BCUT2D eigenvalue weighted by molar-refractivity contribution is 6.24. The Bertz CT molecular complexity index is 2700. The lowest BCUT2D eigenvalue weighted by molar-refractivity contribution is 1.10. The maximum absolute atomic E-state index is 9.55. The van der Waals surface area contributed by atoms with E-state index in [1.807, 2.05) is 36.4 Å². The summed E-state index contributed by atoms with van der Waals surface area (Å²) in [6.45, 7) is 2.17. The van der Waals surface area contributed by atoms with Gasteiger partial charge in [-0.15, -0.1) is 0 Å². The minimum absolute atomic E-state index is 0.627. The van der Waals surface area contributed by atoms with E-state index in [0.29, 0.717) is 5.56 Å². The molecule has 0 aliphatic rings. The fourth-order valence-corrected chi connectivity index (χ4v) is 7.35. The second-order valence-corrected chi connectivity index (χ2v) is 12.8. The molecular weight excluding hydrogens is 621 g/mol. The summed E-state index contributed by atoms with van der Waals surface area (Å²) in [5.74, 6) is 0.863. The summed E-state index contributed by atoms with van der Waals surface area (Å²) in [4.78, 5) is 7.68. The molecule has 0 saturated carbocycles. The zero-order valence-corrected chi connectivity index (χ0v) is 28.0. The van der Waals surface area contributed by atoms with Crippen molar-refractivity contribution in [2.75, 3.05) is 4.90 Å². The fraction of sp³-hybridized carbons (Fsp3) is 0.0213. The Hall–Kier alpha value is -6.96. The third kappa shape index (κ3) is 5.20. The standard InChI is InChI=1S/C47H32N4/c1-32-30-35(24-29-40(32)34-22-27-38(28-23-34)50(36-12-4-2-5-13-36)37-14-6-3-7-15-37)47-49-45-43-18-10-8-16-41(43)42-17-9-11-19-44(42)46(45)51(47)39-25-20-33(31-48)21-26-39/h2-30H,1H3. The van der Waals surface area contributed by atoms with Crippen molar-refractivity contribution in [3.63, 3.8) is 0 Å². The van der Waals surface area contributed by atoms with E-state index in [2.05, 4.69) is 162 Å². The molecule has 0 unspecified atom stereocenters. The number of anilines is 3. The highest BCUT2D eigenvalue weighted by Crippen LogP contribution is 2.40. The van der Waals surface area contributed by atoms with Crippen molar-refractivity contribution in [3.05, 3.63) is 187 Å². The molecule has 9 aromatic rings. The van der Waals surface area contributed by atoms with Crippen LogP contribution in [0.3, 0.4) is 0 Å². The second-order valence-electron chi connectivity index (χ2n) is 12.8. The Labute approximate surface area is 296 Å². The first kappa shape index (κ1) is 30.1. The molecule has 1 aromatic heterocycles. The van der Waals surface area contributed by atoms with Gasteiger partial charge in [0.2, 0.25) is 0 Å². The number of hydrogen-bond acceptors (Lipinski definition) is 3. The van der Waals surface area contributed by atoms with E-state index >= 15 is 0 Å². The monoisotopic (exact) mass is 652 g/mol. The van der Waals surface area contributed by atoms with Crippen LogP contribution in [0.25, 0.3) is 60.8 Å². The van der Waals surface area contributed by atoms with Crippen molar-refractivity contribution in [3.8, 4) is 34.3 Å². The molecule has 4 heteroatoms. The molecule has 0 amide bonds. The van der Waals surface area contributed by atoms with Crippen molar-refractivity contribution < 1.29 is 0 Å². The first-order valence-corrected chi connectivity index (χ1v) is 17.1. The molecule has 240 valence electrons. The number of imidazole rings is 1. The molecule has 0 bridgehead atoms. The maximum atomic E-state index is 9.55. The van der Waals surface area contributed by atoms with Gasteiger partial charge in [-0.1, -0.05) is 109 Å². The van der Waals surface area contributed by atoms with E-state index in [9.17, 15) is 5.26 Å². The van der Waals surface area contributed by atoms with Crippen LogP contribution in [0.1, 0.15) is 11.1 Å². The number of nitriles is 1. The van der Waals surface area contributed by atoms with Crippen LogP contribution < -0.4 is 4.90 Å². The zero-order valence-electron chi connectivity index (χ0n) is 28.0. The Morgan fingerprint density at radius 2 is 1.06 bits per heavy atom. The van der Waals surface area contributed by atoms with Gasteiger partial charge in [0.1, 0.15) is 5.82 Å². The van der Waals surface area contributed by atoms with E-state index in [4.69, 9.17) is 4.98 Å². The summed E-state index contributed by atoms with van der Waals surface area (Å²) in [6.07, 6.45) is 0. The van der Waals surface area contributed by atoms with Crippen LogP contribution in [0.15, 0.2) is 176 Å². The summed E-state index contributed by atoms with van der Waals surface area (Å²) in [5.41, 5.74) is 11.5. The average Bonchev–Trinajstić information content (AvgIpc) is 3.61. The number of para-hydroxylation sites is 2. The Balaban J connectivity index is 1.18. The van der Waals surface area contributed by atoms with Crippen LogP contribution in [-0.4, -0.2) is 9.55 Å². The van der Waals surface area contributed by atoms with Gasteiger partial charge in [0.15, 0.2) is 0 Å². The highest BCUT2D eigenvalue weighted by atomic mass is 15.1. The summed E-state index contributed by atoms with van der Waals surface area (Å²) in [7, 11) is 0. The molecule has 0 aliphatic heterocycles. The quantitative estimate of drug-likeness (QED) is 0.168. The molecule has 8 aromatic carbocycles. The van der Waals surface area contributed by atoms with Crippen molar-refractivity contribution in [2.45, 2.75) is 6.92 Å². The van der Waals surface area contributed by atoms with Crippen LogP contribution in [-0.2, 0) is 0 Å². The van der Waals surface area contributed by atoms with Gasteiger partial charge in [-0.25, -0.2) is 4.98 Å². The van der Waals surface area contributed by atoms with E-state index < -0.39 is 0 Å². The molecule has 0 saturated heterocycles. The molecule has 0 spiro atoms. The van der Waals surface area contributed by atoms with Gasteiger partial charge in [0.05, 0.1) is 22.7 Å². The van der Waals surface area contributed by atoms with Gasteiger partial charge in [-0.05, 0) is 101 Å². The molecular formula is C47H32N4. The predicted octanol–water partition coefficient (Wildman–Crippen LogP) is 12.3. The molecule has 0 atom stereocenters. The van der Waals surface area contributed by atoms with Crippen molar-refractivity contribution in [1.82, 2.24) is 9.55 Å². The van der Waals surface area contributed by atoms with Crippen LogP contribution in [0.5, 0.6) is 0 Å². The van der Waals surface area contributed by atoms with Crippen LogP contribution in [0.2, 0.25) is 0 Å². The molecule has 1 heterocycles. The number of aryl methyl sites for hydroxylation is 1. The van der Waals surface area contributed by atoms with Crippen LogP contribution in [0, 0.1) is 18.3 Å². The fourth-order valence-electron chi connectivity index (χ4n) is 7.35. The highest BCUT2D eigenvalue weighted by Gasteiger charge is 2.21. The van der Waals surface area contributed by atoms with Gasteiger partial charge in [0, 0.05) is 39.1 Å². The van der Waals surface area contributed by atoms with Gasteiger partial charge in [-0.3, -0.25) is 4.57 Å². The van der Waals surface area contributed by atoms with Crippen molar-refractivity contribution >= 4 is 49.6 Å². The predicted molar refractivity (Wildman–Crippen MR) is 211 cm³/mol. The number of aromatic nitrogens is 2. The van der Waals surface area contributed by atoms with Gasteiger partial charge < -0.3 is 4.90 Å². The second kappa shape index (κ2) is 12.5. The van der Waals surface area contributed by atoms with Crippen LogP contribution >= 0.6 is 0 Å². The normalized spacial score (nSPS) is 11.2. The zero-order chi connectivity index (χ0) is 34.3. The van der Waals surface area contributed by atoms with Gasteiger partial charge in [0.25, 0.3) is 0 Å². The number of rotatable bonds is 6. The summed E-state index contributed by atoms with van der Waals surface area (Å²) >= 11 is 0. The SMILES string of the molecule is Cc1cc(-c2nc3c4ccccc4c4ccccc4c3n2-c2ccc(C#N)cc2)ccc1-c1ccc(N(c2ccccc2)c2ccccc2)cc1. The Morgan fingerprint density at radius 3 is 1.67 bits per heavy atom. The minimum Gasteiger partial charge on any atom is -0.311 e. The number of nitrogens with zero attached hydrogens (tertiary/aromatic N) is 4. The molecule has 0 radical (unpaired) electrons. The van der Waals surface area contributed by atoms with Gasteiger partial charge >= 0.3 is 0 Å². The first-order chi connectivity index (χ1) is 25.2. The van der Waals surface area contributed by atoms with E-state index in [0.717, 1.165) is 67.1 Å². The van der Waals surface area contributed by atoms with E-state index in [1.54, 1.807) is 0 Å². The molecule has 0 aliphatic carbocycles. The van der Waals surface area contributed by atoms with Crippen molar-refractivity contribution in [1.29, 1.82) is 5.26 Å². The summed E-state index contributed by atoms with van der Waals surface area (Å²) in [6, 6.07) is 63.5. The lowest BCUT2D eigenvalue weighted by Crippen LogP contribution is -2.09. The molecule has 51 heavy (non-hydrogen) atoms. The lowest BCUT2D eigenvalue weighted by Gasteiger charge is -2.25. The van der Waals surface area contributed by atoms with E-state index in [1.165, 1.54) is 16.3 Å². The van der Waals surface area contributed by atoms with E-state index in [-0.39, 0.29) is 0 Å². The average molecular weight is 653 g/mol. The number of benzene rings is 8. The topological polar surface area (TPSA) is 44.9 Å². The first-order valence-electron chi connectivity index (χ1n) is 17.1. The largest absolute Gasteiger partial charge is 0.311 e. The Kier molecular flexibility index (Phi) is 7.38. The summed E-state index contributed by atoms with van der Waals surface area (Å²) in [5, 5.41) is 14.2. The maximum Gasteiger partial charge on any atom is 0.145 e. The van der Waals surface area contributed by atoms with Crippen molar-refractivity contribution in [2.24, 2.45) is 0 Å². The van der Waals surface area contributed by atoms with Gasteiger partial charge in [-0.2, -0.15) is 5.26 Å².